The van der Waals surface area contributed by atoms with E-state index in [0.717, 1.165) is 30.2 Å². The number of para-hydroxylation sites is 2. The molecule has 2 aromatic rings. The minimum atomic E-state index is 0.0277. The first-order chi connectivity index (χ1) is 9.31. The van der Waals surface area contributed by atoms with Crippen molar-refractivity contribution in [1.29, 1.82) is 0 Å². The molecule has 1 atom stereocenters. The third-order valence-corrected chi connectivity index (χ3v) is 2.98. The molecular formula is C14H15N3O2. The summed E-state index contributed by atoms with van der Waals surface area (Å²) < 4.78 is 11.5. The molecule has 1 aliphatic rings. The molecule has 0 bridgehead atoms. The van der Waals surface area contributed by atoms with Gasteiger partial charge in [-0.3, -0.25) is 0 Å². The van der Waals surface area contributed by atoms with Crippen molar-refractivity contribution in [2.24, 2.45) is 0 Å². The number of aromatic nitrogens is 2. The van der Waals surface area contributed by atoms with Gasteiger partial charge in [0, 0.05) is 12.6 Å². The number of nitrogens with two attached hydrogens (primary N) is 1. The zero-order chi connectivity index (χ0) is 13.1. The fourth-order valence-corrected chi connectivity index (χ4v) is 2.03. The standard InChI is InChI=1S/C14H15N3O2/c15-13-7-8-16-14(17-13)6-5-10-9-18-11-3-1-2-4-12(11)19-10/h1-4,7-8,10H,5-6,9H2,(H2,15,16,17)/t10-/m1/s1. The molecule has 0 saturated carbocycles. The van der Waals surface area contributed by atoms with Gasteiger partial charge in [0.25, 0.3) is 0 Å². The summed E-state index contributed by atoms with van der Waals surface area (Å²) in [4.78, 5) is 8.35. The number of aryl methyl sites for hydroxylation is 1. The molecular weight excluding hydrogens is 242 g/mol. The summed E-state index contributed by atoms with van der Waals surface area (Å²) in [5.41, 5.74) is 5.62. The van der Waals surface area contributed by atoms with Gasteiger partial charge in [0.05, 0.1) is 0 Å². The second-order valence-electron chi connectivity index (χ2n) is 4.43. The zero-order valence-electron chi connectivity index (χ0n) is 10.5. The van der Waals surface area contributed by atoms with Crippen molar-refractivity contribution in [2.75, 3.05) is 12.3 Å². The maximum Gasteiger partial charge on any atom is 0.161 e. The summed E-state index contributed by atoms with van der Waals surface area (Å²) in [5, 5.41) is 0. The Balaban J connectivity index is 1.61. The predicted molar refractivity (Wildman–Crippen MR) is 71.1 cm³/mol. The van der Waals surface area contributed by atoms with Crippen molar-refractivity contribution in [3.8, 4) is 11.5 Å². The number of benzene rings is 1. The number of fused-ring (bicyclic) bond motifs is 1. The van der Waals surface area contributed by atoms with Crippen LogP contribution in [0.25, 0.3) is 0 Å². The number of anilines is 1. The van der Waals surface area contributed by atoms with E-state index >= 15 is 0 Å². The molecule has 0 aliphatic carbocycles. The molecule has 19 heavy (non-hydrogen) atoms. The van der Waals surface area contributed by atoms with Crippen LogP contribution in [0.5, 0.6) is 11.5 Å². The molecule has 1 aromatic carbocycles. The number of hydrogen-bond acceptors (Lipinski definition) is 5. The van der Waals surface area contributed by atoms with Crippen LogP contribution < -0.4 is 15.2 Å². The van der Waals surface area contributed by atoms with E-state index < -0.39 is 0 Å². The van der Waals surface area contributed by atoms with Crippen LogP contribution in [0.1, 0.15) is 12.2 Å². The van der Waals surface area contributed by atoms with Gasteiger partial charge in [0.1, 0.15) is 24.4 Å². The minimum absolute atomic E-state index is 0.0277. The highest BCUT2D eigenvalue weighted by atomic mass is 16.6. The average Bonchev–Trinajstić information content (AvgIpc) is 2.45. The maximum absolute atomic E-state index is 5.87. The fourth-order valence-electron chi connectivity index (χ4n) is 2.03. The van der Waals surface area contributed by atoms with Crippen LogP contribution in [0.2, 0.25) is 0 Å². The highest BCUT2D eigenvalue weighted by Gasteiger charge is 2.20. The van der Waals surface area contributed by atoms with Gasteiger partial charge in [-0.1, -0.05) is 12.1 Å². The van der Waals surface area contributed by atoms with Crippen LogP contribution in [0, 0.1) is 0 Å². The van der Waals surface area contributed by atoms with Crippen molar-refractivity contribution < 1.29 is 9.47 Å². The lowest BCUT2D eigenvalue weighted by Gasteiger charge is -2.26. The Kier molecular flexibility index (Phi) is 3.18. The van der Waals surface area contributed by atoms with E-state index in [4.69, 9.17) is 15.2 Å². The normalized spacial score (nSPS) is 17.2. The van der Waals surface area contributed by atoms with Gasteiger partial charge in [-0.25, -0.2) is 9.97 Å². The zero-order valence-corrected chi connectivity index (χ0v) is 10.5. The Hall–Kier alpha value is -2.30. The number of nitrogens with zero attached hydrogens (tertiary/aromatic N) is 2. The Morgan fingerprint density at radius 2 is 2.05 bits per heavy atom. The van der Waals surface area contributed by atoms with E-state index in [1.54, 1.807) is 12.3 Å². The Morgan fingerprint density at radius 1 is 1.21 bits per heavy atom. The molecule has 98 valence electrons. The first-order valence-corrected chi connectivity index (χ1v) is 6.27. The number of nitrogen functional groups attached to an aromatic ring is 1. The number of ether oxygens (including phenoxy) is 2. The van der Waals surface area contributed by atoms with Crippen LogP contribution in [0.3, 0.4) is 0 Å². The van der Waals surface area contributed by atoms with Crippen LogP contribution in [0.4, 0.5) is 5.82 Å². The Labute approximate surface area is 111 Å². The lowest BCUT2D eigenvalue weighted by atomic mass is 10.1. The van der Waals surface area contributed by atoms with Crippen LogP contribution >= 0.6 is 0 Å². The van der Waals surface area contributed by atoms with Gasteiger partial charge in [-0.05, 0) is 24.6 Å². The third-order valence-electron chi connectivity index (χ3n) is 2.98. The molecule has 3 rings (SSSR count). The lowest BCUT2D eigenvalue weighted by molar-refractivity contribution is 0.0847. The first-order valence-electron chi connectivity index (χ1n) is 6.27. The van der Waals surface area contributed by atoms with Crippen molar-refractivity contribution in [1.82, 2.24) is 9.97 Å². The van der Waals surface area contributed by atoms with E-state index in [9.17, 15) is 0 Å². The quantitative estimate of drug-likeness (QED) is 0.908. The molecule has 0 fully saturated rings. The molecule has 1 aliphatic heterocycles. The van der Waals surface area contributed by atoms with Gasteiger partial charge >= 0.3 is 0 Å². The molecule has 5 heteroatoms. The second-order valence-corrected chi connectivity index (χ2v) is 4.43. The lowest BCUT2D eigenvalue weighted by Crippen LogP contribution is -2.29. The van der Waals surface area contributed by atoms with Crippen LogP contribution in [0.15, 0.2) is 36.5 Å². The molecule has 0 saturated heterocycles. The molecule has 0 spiro atoms. The highest BCUT2D eigenvalue weighted by Crippen LogP contribution is 2.31. The van der Waals surface area contributed by atoms with Gasteiger partial charge in [-0.15, -0.1) is 0 Å². The summed E-state index contributed by atoms with van der Waals surface area (Å²) in [5.74, 6) is 2.84. The minimum Gasteiger partial charge on any atom is -0.486 e. The van der Waals surface area contributed by atoms with Gasteiger partial charge in [0.2, 0.25) is 0 Å². The molecule has 5 nitrogen and oxygen atoms in total. The average molecular weight is 257 g/mol. The SMILES string of the molecule is Nc1ccnc(CC[C@@H]2COc3ccccc3O2)n1. The molecule has 2 N–H and O–H groups in total. The summed E-state index contributed by atoms with van der Waals surface area (Å²) in [6.45, 7) is 0.555. The number of hydrogen-bond donors (Lipinski definition) is 1. The smallest absolute Gasteiger partial charge is 0.161 e. The molecule has 0 unspecified atom stereocenters. The first kappa shape index (κ1) is 11.8. The van der Waals surface area contributed by atoms with E-state index in [1.165, 1.54) is 0 Å². The van der Waals surface area contributed by atoms with E-state index in [0.29, 0.717) is 12.4 Å². The van der Waals surface area contributed by atoms with Crippen molar-refractivity contribution in [2.45, 2.75) is 18.9 Å². The molecule has 1 aromatic heterocycles. The summed E-state index contributed by atoms with van der Waals surface area (Å²) in [6.07, 6.45) is 3.23. The third kappa shape index (κ3) is 2.76. The van der Waals surface area contributed by atoms with E-state index in [-0.39, 0.29) is 6.10 Å². The monoisotopic (exact) mass is 257 g/mol. The van der Waals surface area contributed by atoms with Crippen molar-refractivity contribution in [3.63, 3.8) is 0 Å². The maximum atomic E-state index is 5.87. The molecule has 0 radical (unpaired) electrons. The number of rotatable bonds is 3. The molecule has 2 heterocycles. The predicted octanol–water partition coefficient (Wildman–Crippen LogP) is 1.83. The molecule has 0 amide bonds. The largest absolute Gasteiger partial charge is 0.486 e. The summed E-state index contributed by atoms with van der Waals surface area (Å²) in [7, 11) is 0. The van der Waals surface area contributed by atoms with Gasteiger partial charge in [0.15, 0.2) is 11.5 Å². The van der Waals surface area contributed by atoms with Crippen LogP contribution in [-0.4, -0.2) is 22.7 Å². The summed E-state index contributed by atoms with van der Waals surface area (Å²) >= 11 is 0. The van der Waals surface area contributed by atoms with Crippen molar-refractivity contribution >= 4 is 5.82 Å². The van der Waals surface area contributed by atoms with E-state index in [1.807, 2.05) is 24.3 Å². The topological polar surface area (TPSA) is 70.3 Å². The Bertz CT molecular complexity index is 574. The highest BCUT2D eigenvalue weighted by molar-refractivity contribution is 5.40. The van der Waals surface area contributed by atoms with E-state index in [2.05, 4.69) is 9.97 Å². The van der Waals surface area contributed by atoms with Crippen molar-refractivity contribution in [3.05, 3.63) is 42.4 Å². The fraction of sp³-hybridized carbons (Fsp3) is 0.286. The summed E-state index contributed by atoms with van der Waals surface area (Å²) in [6, 6.07) is 9.37. The Morgan fingerprint density at radius 3 is 2.89 bits per heavy atom. The van der Waals surface area contributed by atoms with Gasteiger partial charge < -0.3 is 15.2 Å². The van der Waals surface area contributed by atoms with Gasteiger partial charge in [-0.2, -0.15) is 0 Å². The van der Waals surface area contributed by atoms with Crippen LogP contribution in [-0.2, 0) is 6.42 Å². The second kappa shape index (κ2) is 5.14.